The highest BCUT2D eigenvalue weighted by Crippen LogP contribution is 2.40. The molecule has 4 fully saturated rings. The van der Waals surface area contributed by atoms with Gasteiger partial charge >= 0.3 is 0 Å². The standard InChI is InChI=1S/C25H27N5O3S.C23H24FN5O2S.C23H24IN5O2S.C23H25N5O2S/c1-17(31)20-5-3-4-18(14-20)16-33-24-22(34-21-8-6-19(7-9-21)23(26)32)15-27-25(28-24)30-12-10-29(2)11-13-30;1-28-10-12-29(13-11-28)23-26-14-20(32-19-8-4-17(5-9-19)21(25)30)22(27-23)31-15-16-2-6-18(24)7-3-16;1-28-9-11-29(12-10-28)23-26-14-20(32-19-7-5-17(6-8-19)21(25)30)22(27-23)31-15-16-3-2-4-18(24)13-16;1-27-11-13-28(14-12-27)23-25-15-20(31-19-9-7-18(8-10-19)21(24)29)22(26-23)30-16-17-5-3-2-4-6-17/h3-9,14-15H,10-13,16H2,1-2H3,(H2,26,32);2-9,14H,10-13,15H2,1H3,(H2,25,30);2-8,13-14H,9-12,15H2,1H3,(H2,25,30);2-10,15H,11-14,16H2,1H3,(H2,24,29)/i;;;2D,3D,4D,5D,6D. The summed E-state index contributed by atoms with van der Waals surface area (Å²) in [7, 11) is 8.37. The van der Waals surface area contributed by atoms with Crippen molar-refractivity contribution in [1.82, 2.24) is 59.5 Å². The number of ketones is 1. The lowest BCUT2D eigenvalue weighted by Crippen LogP contribution is -2.45. The van der Waals surface area contributed by atoms with E-state index in [1.54, 1.807) is 104 Å². The van der Waals surface area contributed by atoms with Gasteiger partial charge in [-0.1, -0.05) is 120 Å². The summed E-state index contributed by atoms with van der Waals surface area (Å²) in [6.07, 6.45) is 6.99. The molecule has 8 N–H and O–H groups in total. The molecule has 0 unspecified atom stereocenters. The number of Topliss-reactive ketones (excluding diaryl/α,β-unsaturated/α-hetero) is 1. The number of likely N-dealkylation sites (N-methyl/N-ethyl adjacent to an activating group) is 4. The number of benzene rings is 8. The van der Waals surface area contributed by atoms with Gasteiger partial charge in [0.05, 0.1) is 51.2 Å². The summed E-state index contributed by atoms with van der Waals surface area (Å²) in [4.78, 5) is 118. The van der Waals surface area contributed by atoms with Crippen LogP contribution in [-0.2, 0) is 26.4 Å². The summed E-state index contributed by atoms with van der Waals surface area (Å²) >= 11 is 8.00. The number of hydrogen-bond donors (Lipinski definition) is 4. The van der Waals surface area contributed by atoms with E-state index in [1.165, 1.54) is 59.2 Å². The highest BCUT2D eigenvalue weighted by atomic mass is 127. The van der Waals surface area contributed by atoms with Crippen LogP contribution in [0.3, 0.4) is 0 Å². The molecule has 0 saturated carbocycles. The molecule has 4 aliphatic rings. The van der Waals surface area contributed by atoms with Gasteiger partial charge in [0.15, 0.2) is 5.78 Å². The van der Waals surface area contributed by atoms with Gasteiger partial charge in [0, 0.05) is 156 Å². The summed E-state index contributed by atoms with van der Waals surface area (Å²) in [6.45, 7) is 16.3. The molecule has 4 amide bonds. The number of halogens is 2. The lowest BCUT2D eigenvalue weighted by Gasteiger charge is -2.32. The Hall–Kier alpha value is -12.1. The molecular weight excluding hydrogens is 1830 g/mol. The second kappa shape index (κ2) is 46.8. The van der Waals surface area contributed by atoms with Crippen LogP contribution in [0.25, 0.3) is 0 Å². The van der Waals surface area contributed by atoms with Gasteiger partial charge in [-0.25, -0.2) is 24.3 Å². The van der Waals surface area contributed by atoms with Gasteiger partial charge in [0.25, 0.3) is 0 Å². The smallest absolute Gasteiger partial charge is 0.248 e. The summed E-state index contributed by atoms with van der Waals surface area (Å²) < 4.78 is 78.7. The Kier molecular flexibility index (Phi) is 31.8. The zero-order valence-electron chi connectivity index (χ0n) is 76.6. The molecule has 4 aromatic heterocycles. The van der Waals surface area contributed by atoms with E-state index in [4.69, 9.17) is 63.7 Å². The molecule has 16 rings (SSSR count). The van der Waals surface area contributed by atoms with Crippen molar-refractivity contribution < 1.29 is 54.2 Å². The molecule has 4 aliphatic heterocycles. The van der Waals surface area contributed by atoms with Crippen LogP contribution in [0, 0.1) is 9.39 Å². The summed E-state index contributed by atoms with van der Waals surface area (Å²) in [6, 6.07) is 47.8. The Balaban J connectivity index is 0.000000152. The van der Waals surface area contributed by atoms with Crippen molar-refractivity contribution in [2.45, 2.75) is 72.5 Å². The summed E-state index contributed by atoms with van der Waals surface area (Å²) in [5.41, 5.74) is 26.6. The largest absolute Gasteiger partial charge is 0.472 e. The van der Waals surface area contributed by atoms with E-state index in [9.17, 15) is 28.4 Å². The molecule has 35 heteroatoms. The van der Waals surface area contributed by atoms with E-state index in [0.717, 1.165) is 159 Å². The molecule has 668 valence electrons. The van der Waals surface area contributed by atoms with E-state index in [2.05, 4.69) is 122 Å². The molecule has 0 aliphatic carbocycles. The molecule has 0 bridgehead atoms. The third kappa shape index (κ3) is 28.5. The molecule has 29 nitrogen and oxygen atoms in total. The SMILES string of the molecule is CC(=O)c1cccc(COc2nc(N3CCN(C)CC3)ncc2Sc2ccc(C(N)=O)cc2)c1.CN1CCN(c2ncc(Sc3ccc(C(N)=O)cc3)c(OCc3ccc(F)cc3)n2)CC1.CN1CCN(c2ncc(Sc3ccc(C(N)=O)cc3)c(OCc3cccc(I)c3)n2)CC1.[2H]c1c([2H])c([2H])c(COc2nc(N3CCN(C)CC3)ncc2Sc2ccc(C(N)=O)cc2)c([2H])c1[2H]. The highest BCUT2D eigenvalue weighted by molar-refractivity contribution is 14.1. The minimum absolute atomic E-state index is 0.0110. The van der Waals surface area contributed by atoms with Crippen molar-refractivity contribution in [3.63, 3.8) is 0 Å². The van der Waals surface area contributed by atoms with Gasteiger partial charge in [-0.2, -0.15) is 19.9 Å². The molecule has 0 spiro atoms. The molecule has 8 heterocycles. The monoisotopic (exact) mass is 1930 g/mol. The van der Waals surface area contributed by atoms with E-state index >= 15 is 0 Å². The number of nitrogens with zero attached hydrogens (tertiary/aromatic N) is 16. The molecule has 4 saturated heterocycles. The minimum atomic E-state index is -0.519. The van der Waals surface area contributed by atoms with Crippen molar-refractivity contribution in [3.8, 4) is 23.5 Å². The van der Waals surface area contributed by atoms with Crippen molar-refractivity contribution in [2.75, 3.05) is 153 Å². The third-order valence-corrected chi connectivity index (χ3v) is 25.3. The predicted octanol–water partition coefficient (Wildman–Crippen LogP) is 13.2. The Morgan fingerprint density at radius 2 is 0.636 bits per heavy atom. The number of ether oxygens (including phenoxy) is 4. The fourth-order valence-electron chi connectivity index (χ4n) is 13.0. The van der Waals surface area contributed by atoms with Crippen LogP contribution in [0.1, 0.15) is 87.8 Å². The zero-order valence-corrected chi connectivity index (χ0v) is 77.1. The number of aromatic nitrogens is 8. The number of hydrogen-bond acceptors (Lipinski definition) is 29. The number of nitrogens with two attached hydrogens (primary N) is 4. The molecule has 129 heavy (non-hydrogen) atoms. The topological polar surface area (TPSA) is 355 Å². The fraction of sp³-hybridized carbons (Fsp3) is 0.266. The second-order valence-corrected chi connectivity index (χ2v) is 36.0. The first-order chi connectivity index (χ1) is 64.5. The van der Waals surface area contributed by atoms with Crippen LogP contribution in [0.2, 0.25) is 0 Å². The number of amides is 4. The lowest BCUT2D eigenvalue weighted by atomic mass is 10.1. The maximum atomic E-state index is 13.2. The number of piperazine rings is 4. The van der Waals surface area contributed by atoms with Crippen molar-refractivity contribution in [1.29, 1.82) is 0 Å². The first kappa shape index (κ1) is 87.6. The number of primary amides is 4. The zero-order chi connectivity index (χ0) is 95.1. The Morgan fingerprint density at radius 3 is 0.922 bits per heavy atom. The van der Waals surface area contributed by atoms with Crippen LogP contribution in [0.15, 0.2) is 264 Å². The van der Waals surface area contributed by atoms with Crippen molar-refractivity contribution in [3.05, 3.63) is 284 Å². The van der Waals surface area contributed by atoms with Crippen LogP contribution in [0.4, 0.5) is 28.2 Å². The third-order valence-electron chi connectivity index (χ3n) is 20.6. The van der Waals surface area contributed by atoms with Crippen LogP contribution in [0.5, 0.6) is 23.5 Å². The van der Waals surface area contributed by atoms with E-state index < -0.39 is 41.8 Å². The van der Waals surface area contributed by atoms with Gasteiger partial charge in [-0.05, 0) is 207 Å². The number of carbonyl (C=O) groups excluding carboxylic acids is 5. The second-order valence-electron chi connectivity index (χ2n) is 30.3. The van der Waals surface area contributed by atoms with E-state index in [-0.39, 0.29) is 54.9 Å². The molecular formula is C94H100FIN20O9S4. The predicted molar refractivity (Wildman–Crippen MR) is 509 cm³/mol. The summed E-state index contributed by atoms with van der Waals surface area (Å²) in [5, 5.41) is 0. The van der Waals surface area contributed by atoms with Gasteiger partial charge in [-0.15, -0.1) is 0 Å². The van der Waals surface area contributed by atoms with Crippen LogP contribution >= 0.6 is 69.6 Å². The van der Waals surface area contributed by atoms with Gasteiger partial charge in [0.1, 0.15) is 32.2 Å². The molecule has 0 atom stereocenters. The van der Waals surface area contributed by atoms with Crippen molar-refractivity contribution >= 4 is 123 Å². The first-order valence-electron chi connectivity index (χ1n) is 43.7. The fourth-order valence-corrected chi connectivity index (χ4v) is 16.9. The average Bonchev–Trinajstić information content (AvgIpc) is 0.815. The lowest BCUT2D eigenvalue weighted by molar-refractivity contribution is 0.0992. The Bertz CT molecular complexity index is 6070. The Morgan fingerprint density at radius 1 is 0.357 bits per heavy atom. The quantitative estimate of drug-likeness (QED) is 0.0250. The van der Waals surface area contributed by atoms with Gasteiger partial charge in [0.2, 0.25) is 70.9 Å². The Labute approximate surface area is 786 Å². The van der Waals surface area contributed by atoms with Gasteiger partial charge < -0.3 is 81.1 Å². The minimum Gasteiger partial charge on any atom is -0.472 e. The highest BCUT2D eigenvalue weighted by Gasteiger charge is 2.26. The van der Waals surface area contributed by atoms with Gasteiger partial charge in [-0.3, -0.25) is 24.0 Å². The van der Waals surface area contributed by atoms with E-state index in [0.29, 0.717) is 80.8 Å². The number of carbonyl (C=O) groups is 5. The molecule has 12 aromatic rings. The van der Waals surface area contributed by atoms with Crippen LogP contribution < -0.4 is 61.5 Å². The maximum absolute atomic E-state index is 13.2. The van der Waals surface area contributed by atoms with Crippen molar-refractivity contribution in [2.24, 2.45) is 22.9 Å². The molecule has 0 radical (unpaired) electrons. The first-order valence-corrected chi connectivity index (χ1v) is 45.5. The number of anilines is 4. The number of rotatable bonds is 29. The average molecular weight is 1930 g/mol. The summed E-state index contributed by atoms with van der Waals surface area (Å²) in [5.74, 6) is 1.98. The van der Waals surface area contributed by atoms with Crippen LogP contribution in [-0.4, -0.2) is 222 Å². The molecule has 8 aromatic carbocycles. The normalized spacial score (nSPS) is 14.9. The van der Waals surface area contributed by atoms with E-state index in [1.807, 2.05) is 77.8 Å². The maximum Gasteiger partial charge on any atom is 0.248 e.